The van der Waals surface area contributed by atoms with Crippen LogP contribution >= 0.6 is 0 Å². The van der Waals surface area contributed by atoms with Gasteiger partial charge in [0, 0.05) is 19.6 Å². The molecule has 3 unspecified atom stereocenters. The first-order valence-corrected chi connectivity index (χ1v) is 7.68. The van der Waals surface area contributed by atoms with Gasteiger partial charge >= 0.3 is 12.0 Å². The molecule has 0 aromatic rings. The van der Waals surface area contributed by atoms with Crippen molar-refractivity contribution in [2.75, 3.05) is 13.6 Å². The Morgan fingerprint density at radius 1 is 1.40 bits per heavy atom. The van der Waals surface area contributed by atoms with Crippen LogP contribution < -0.4 is 0 Å². The van der Waals surface area contributed by atoms with E-state index >= 15 is 0 Å². The molecule has 0 saturated carbocycles. The summed E-state index contributed by atoms with van der Waals surface area (Å²) in [7, 11) is 1.77. The molecule has 1 heterocycles. The highest BCUT2D eigenvalue weighted by atomic mass is 16.4. The third kappa shape index (κ3) is 3.87. The van der Waals surface area contributed by atoms with Crippen LogP contribution in [0.5, 0.6) is 0 Å². The summed E-state index contributed by atoms with van der Waals surface area (Å²) >= 11 is 0. The Bertz CT molecular complexity index is 346. The number of likely N-dealkylation sites (tertiary alicyclic amines) is 1. The molecule has 1 N–H and O–H groups in total. The molecular weight excluding hydrogens is 256 g/mol. The van der Waals surface area contributed by atoms with E-state index in [0.29, 0.717) is 18.9 Å². The van der Waals surface area contributed by atoms with E-state index < -0.39 is 12.0 Å². The molecule has 1 fully saturated rings. The molecule has 2 amide bonds. The third-order valence-electron chi connectivity index (χ3n) is 4.49. The molecule has 3 atom stereocenters. The highest BCUT2D eigenvalue weighted by Crippen LogP contribution is 2.26. The Balaban J connectivity index is 2.76. The van der Waals surface area contributed by atoms with Crippen molar-refractivity contribution in [3.8, 4) is 0 Å². The predicted molar refractivity (Wildman–Crippen MR) is 78.7 cm³/mol. The molecule has 0 aromatic heterocycles. The number of hydrogen-bond donors (Lipinski definition) is 1. The Labute approximate surface area is 121 Å². The monoisotopic (exact) mass is 284 g/mol. The SMILES string of the molecule is CCCC(C)N(C)C(=O)N1CCC(CC)CC1C(=O)O. The van der Waals surface area contributed by atoms with E-state index in [0.717, 1.165) is 25.7 Å². The predicted octanol–water partition coefficient (Wildman–Crippen LogP) is 2.80. The zero-order valence-electron chi connectivity index (χ0n) is 13.1. The number of carboxylic acid groups (broad SMARTS) is 1. The van der Waals surface area contributed by atoms with Gasteiger partial charge in [-0.2, -0.15) is 0 Å². The Kier molecular flexibility index (Phi) is 6.30. The first kappa shape index (κ1) is 16.8. The summed E-state index contributed by atoms with van der Waals surface area (Å²) in [5, 5.41) is 9.38. The van der Waals surface area contributed by atoms with Crippen molar-refractivity contribution >= 4 is 12.0 Å². The zero-order chi connectivity index (χ0) is 15.3. The average molecular weight is 284 g/mol. The minimum atomic E-state index is -0.881. The number of nitrogens with zero attached hydrogens (tertiary/aromatic N) is 2. The summed E-state index contributed by atoms with van der Waals surface area (Å²) in [6, 6.07) is -0.670. The molecular formula is C15H28N2O3. The molecule has 0 radical (unpaired) electrons. The number of carbonyl (C=O) groups is 2. The Morgan fingerprint density at radius 2 is 2.05 bits per heavy atom. The molecule has 1 saturated heterocycles. The first-order chi connectivity index (χ1) is 9.42. The number of piperidine rings is 1. The van der Waals surface area contributed by atoms with Gasteiger partial charge in [0.25, 0.3) is 0 Å². The van der Waals surface area contributed by atoms with E-state index in [1.807, 2.05) is 6.92 Å². The average Bonchev–Trinajstić information content (AvgIpc) is 2.45. The lowest BCUT2D eigenvalue weighted by Gasteiger charge is -2.40. The van der Waals surface area contributed by atoms with Gasteiger partial charge in [0.2, 0.25) is 0 Å². The molecule has 20 heavy (non-hydrogen) atoms. The van der Waals surface area contributed by atoms with Gasteiger partial charge < -0.3 is 14.9 Å². The van der Waals surface area contributed by atoms with Crippen molar-refractivity contribution in [1.82, 2.24) is 9.80 Å². The summed E-state index contributed by atoms with van der Waals surface area (Å²) in [4.78, 5) is 27.2. The topological polar surface area (TPSA) is 60.9 Å². The van der Waals surface area contributed by atoms with Crippen molar-refractivity contribution in [3.63, 3.8) is 0 Å². The van der Waals surface area contributed by atoms with Crippen LogP contribution in [-0.2, 0) is 4.79 Å². The van der Waals surface area contributed by atoms with Crippen molar-refractivity contribution in [2.45, 2.75) is 65.0 Å². The lowest BCUT2D eigenvalue weighted by molar-refractivity contribution is -0.144. The number of rotatable bonds is 5. The summed E-state index contributed by atoms with van der Waals surface area (Å²) in [6.45, 7) is 6.73. The molecule has 5 heteroatoms. The van der Waals surface area contributed by atoms with Gasteiger partial charge in [-0.1, -0.05) is 26.7 Å². The fraction of sp³-hybridized carbons (Fsp3) is 0.867. The molecule has 116 valence electrons. The molecule has 1 rings (SSSR count). The molecule has 0 aromatic carbocycles. The molecule has 0 spiro atoms. The number of carbonyl (C=O) groups excluding carboxylic acids is 1. The highest BCUT2D eigenvalue weighted by Gasteiger charge is 2.37. The molecule has 0 aliphatic carbocycles. The van der Waals surface area contributed by atoms with Gasteiger partial charge in [-0.25, -0.2) is 9.59 Å². The second-order valence-electron chi connectivity index (χ2n) is 5.88. The van der Waals surface area contributed by atoms with Crippen LogP contribution in [0.15, 0.2) is 0 Å². The molecule has 0 bridgehead atoms. The number of aliphatic carboxylic acids is 1. The lowest BCUT2D eigenvalue weighted by Crippen LogP contribution is -2.55. The number of carboxylic acids is 1. The minimum Gasteiger partial charge on any atom is -0.480 e. The first-order valence-electron chi connectivity index (χ1n) is 7.68. The maximum atomic E-state index is 12.5. The second kappa shape index (κ2) is 7.50. The molecule has 1 aliphatic heterocycles. The summed E-state index contributed by atoms with van der Waals surface area (Å²) < 4.78 is 0. The molecule has 1 aliphatic rings. The molecule has 5 nitrogen and oxygen atoms in total. The zero-order valence-corrected chi connectivity index (χ0v) is 13.1. The minimum absolute atomic E-state index is 0.144. The Hall–Kier alpha value is -1.26. The van der Waals surface area contributed by atoms with Gasteiger partial charge in [-0.15, -0.1) is 0 Å². The number of amides is 2. The second-order valence-corrected chi connectivity index (χ2v) is 5.88. The van der Waals surface area contributed by atoms with Crippen LogP contribution in [0, 0.1) is 5.92 Å². The van der Waals surface area contributed by atoms with Gasteiger partial charge in [-0.05, 0) is 32.1 Å². The van der Waals surface area contributed by atoms with Crippen molar-refractivity contribution in [3.05, 3.63) is 0 Å². The van der Waals surface area contributed by atoms with Crippen LogP contribution in [-0.4, -0.2) is 52.6 Å². The van der Waals surface area contributed by atoms with Gasteiger partial charge in [-0.3, -0.25) is 0 Å². The summed E-state index contributed by atoms with van der Waals surface area (Å²) in [5.41, 5.74) is 0. The third-order valence-corrected chi connectivity index (χ3v) is 4.49. The van der Waals surface area contributed by atoms with Crippen LogP contribution in [0.2, 0.25) is 0 Å². The summed E-state index contributed by atoms with van der Waals surface area (Å²) in [5.74, 6) is -0.466. The van der Waals surface area contributed by atoms with Gasteiger partial charge in [0.1, 0.15) is 6.04 Å². The largest absolute Gasteiger partial charge is 0.480 e. The van der Waals surface area contributed by atoms with Crippen LogP contribution in [0.1, 0.15) is 52.9 Å². The van der Waals surface area contributed by atoms with Crippen molar-refractivity contribution < 1.29 is 14.7 Å². The number of urea groups is 1. The smallest absolute Gasteiger partial charge is 0.326 e. The van der Waals surface area contributed by atoms with E-state index in [1.165, 1.54) is 0 Å². The van der Waals surface area contributed by atoms with Gasteiger partial charge in [0.15, 0.2) is 0 Å². The van der Waals surface area contributed by atoms with Crippen molar-refractivity contribution in [2.24, 2.45) is 5.92 Å². The number of hydrogen-bond acceptors (Lipinski definition) is 2. The fourth-order valence-corrected chi connectivity index (χ4v) is 2.87. The van der Waals surface area contributed by atoms with E-state index in [2.05, 4.69) is 13.8 Å². The van der Waals surface area contributed by atoms with Crippen LogP contribution in [0.3, 0.4) is 0 Å². The quantitative estimate of drug-likeness (QED) is 0.844. The lowest BCUT2D eigenvalue weighted by atomic mass is 9.89. The van der Waals surface area contributed by atoms with Gasteiger partial charge in [0.05, 0.1) is 0 Å². The standard InChI is InChI=1S/C15H28N2O3/c1-5-7-11(3)16(4)15(20)17-9-8-12(6-2)10-13(17)14(18)19/h11-13H,5-10H2,1-4H3,(H,18,19). The van der Waals surface area contributed by atoms with Crippen molar-refractivity contribution in [1.29, 1.82) is 0 Å². The normalized spacial score (nSPS) is 24.3. The maximum Gasteiger partial charge on any atom is 0.326 e. The van der Waals surface area contributed by atoms with E-state index in [-0.39, 0.29) is 12.1 Å². The summed E-state index contributed by atoms with van der Waals surface area (Å²) in [6.07, 6.45) is 4.41. The fourth-order valence-electron chi connectivity index (χ4n) is 2.87. The highest BCUT2D eigenvalue weighted by molar-refractivity contribution is 5.83. The van der Waals surface area contributed by atoms with E-state index in [4.69, 9.17) is 0 Å². The van der Waals surface area contributed by atoms with E-state index in [9.17, 15) is 14.7 Å². The maximum absolute atomic E-state index is 12.5. The van der Waals surface area contributed by atoms with Crippen LogP contribution in [0.4, 0.5) is 4.79 Å². The van der Waals surface area contributed by atoms with E-state index in [1.54, 1.807) is 16.8 Å². The Morgan fingerprint density at radius 3 is 2.55 bits per heavy atom. The van der Waals surface area contributed by atoms with Crippen LogP contribution in [0.25, 0.3) is 0 Å².